The summed E-state index contributed by atoms with van der Waals surface area (Å²) in [5, 5.41) is 2.44. The van der Waals surface area contributed by atoms with Gasteiger partial charge in [0.15, 0.2) is 0 Å². The van der Waals surface area contributed by atoms with Gasteiger partial charge in [-0.2, -0.15) is 0 Å². The lowest BCUT2D eigenvalue weighted by Crippen LogP contribution is -2.47. The number of halogens is 1. The normalized spacial score (nSPS) is 12.2. The Morgan fingerprint density at radius 1 is 1.62 bits per heavy atom. The molecule has 0 rings (SSSR count). The van der Waals surface area contributed by atoms with Crippen molar-refractivity contribution in [3.05, 3.63) is 12.7 Å². The van der Waals surface area contributed by atoms with E-state index in [2.05, 4.69) is 11.9 Å². The van der Waals surface area contributed by atoms with E-state index in [1.165, 1.54) is 0 Å². The molecular formula is C7H12ClNO3S. The molecule has 76 valence electrons. The number of hydrogen-bond acceptors (Lipinski definition) is 3. The monoisotopic (exact) mass is 225 g/mol. The van der Waals surface area contributed by atoms with Crippen molar-refractivity contribution in [2.24, 2.45) is 0 Å². The molecule has 0 aliphatic carbocycles. The van der Waals surface area contributed by atoms with Crippen LogP contribution >= 0.6 is 10.7 Å². The van der Waals surface area contributed by atoms with Crippen molar-refractivity contribution in [1.82, 2.24) is 5.32 Å². The summed E-state index contributed by atoms with van der Waals surface area (Å²) >= 11 is 0. The van der Waals surface area contributed by atoms with Crippen LogP contribution in [0.1, 0.15) is 13.8 Å². The Kier molecular flexibility index (Phi) is 3.93. The van der Waals surface area contributed by atoms with Gasteiger partial charge in [0, 0.05) is 16.2 Å². The number of hydrogen-bond donors (Lipinski definition) is 1. The first kappa shape index (κ1) is 12.4. The first-order valence-corrected chi connectivity index (χ1v) is 6.01. The van der Waals surface area contributed by atoms with Gasteiger partial charge >= 0.3 is 0 Å². The minimum Gasteiger partial charge on any atom is -0.347 e. The molecule has 0 aromatic heterocycles. The number of carbonyl (C=O) groups is 1. The SMILES string of the molecule is C=CC(=O)NC(C)(C)CS(=O)(=O)Cl. The molecule has 1 N–H and O–H groups in total. The van der Waals surface area contributed by atoms with Crippen LogP contribution in [0.25, 0.3) is 0 Å². The van der Waals surface area contributed by atoms with Gasteiger partial charge in [0.25, 0.3) is 0 Å². The van der Waals surface area contributed by atoms with Gasteiger partial charge < -0.3 is 5.32 Å². The molecule has 13 heavy (non-hydrogen) atoms. The van der Waals surface area contributed by atoms with E-state index in [-0.39, 0.29) is 5.75 Å². The first-order valence-electron chi connectivity index (χ1n) is 3.53. The lowest BCUT2D eigenvalue weighted by molar-refractivity contribution is -0.117. The standard InChI is InChI=1S/C7H12ClNO3S/c1-4-6(10)9-7(2,3)5-13(8,11)12/h4H,1,5H2,2-3H3,(H,9,10). The highest BCUT2D eigenvalue weighted by Gasteiger charge is 2.25. The summed E-state index contributed by atoms with van der Waals surface area (Å²) < 4.78 is 21.4. The van der Waals surface area contributed by atoms with Gasteiger partial charge in [-0.15, -0.1) is 0 Å². The third kappa shape index (κ3) is 6.60. The Morgan fingerprint density at radius 2 is 2.08 bits per heavy atom. The fourth-order valence-corrected chi connectivity index (χ4v) is 2.60. The molecule has 0 aliphatic rings. The minimum absolute atomic E-state index is 0.318. The summed E-state index contributed by atoms with van der Waals surface area (Å²) in [5.41, 5.74) is -0.883. The van der Waals surface area contributed by atoms with Crippen LogP contribution in [0.15, 0.2) is 12.7 Å². The Hall–Kier alpha value is -0.550. The molecule has 0 aromatic rings. The summed E-state index contributed by atoms with van der Waals surface area (Å²) in [4.78, 5) is 10.8. The number of amides is 1. The average Bonchev–Trinajstić information content (AvgIpc) is 1.80. The molecule has 0 saturated heterocycles. The second-order valence-corrected chi connectivity index (χ2v) is 6.04. The molecule has 0 aliphatic heterocycles. The molecule has 0 unspecified atom stereocenters. The fourth-order valence-electron chi connectivity index (χ4n) is 0.852. The molecule has 4 nitrogen and oxygen atoms in total. The van der Waals surface area contributed by atoms with Gasteiger partial charge in [0.1, 0.15) is 0 Å². The van der Waals surface area contributed by atoms with Crippen molar-refractivity contribution >= 4 is 25.6 Å². The molecule has 1 amide bonds. The van der Waals surface area contributed by atoms with Crippen molar-refractivity contribution in [3.8, 4) is 0 Å². The third-order valence-corrected chi connectivity index (χ3v) is 2.57. The van der Waals surface area contributed by atoms with E-state index in [4.69, 9.17) is 10.7 Å². The lowest BCUT2D eigenvalue weighted by atomic mass is 10.1. The highest BCUT2D eigenvalue weighted by Crippen LogP contribution is 2.09. The lowest BCUT2D eigenvalue weighted by Gasteiger charge is -2.23. The molecule has 0 fully saturated rings. The minimum atomic E-state index is -3.61. The Bertz CT molecular complexity index is 308. The topological polar surface area (TPSA) is 63.2 Å². The second kappa shape index (κ2) is 4.11. The van der Waals surface area contributed by atoms with Crippen LogP contribution in [0, 0.1) is 0 Å². The highest BCUT2D eigenvalue weighted by atomic mass is 35.7. The zero-order valence-electron chi connectivity index (χ0n) is 7.50. The van der Waals surface area contributed by atoms with Crippen molar-refractivity contribution in [2.75, 3.05) is 5.75 Å². The van der Waals surface area contributed by atoms with E-state index < -0.39 is 20.5 Å². The van der Waals surface area contributed by atoms with Crippen LogP contribution in [-0.4, -0.2) is 25.6 Å². The van der Waals surface area contributed by atoms with E-state index in [0.29, 0.717) is 0 Å². The zero-order chi connectivity index (χ0) is 10.7. The van der Waals surface area contributed by atoms with Crippen molar-refractivity contribution in [1.29, 1.82) is 0 Å². The molecule has 0 spiro atoms. The summed E-state index contributed by atoms with van der Waals surface area (Å²) in [6, 6.07) is 0. The summed E-state index contributed by atoms with van der Waals surface area (Å²) in [6.07, 6.45) is 1.07. The van der Waals surface area contributed by atoms with Gasteiger partial charge in [-0.05, 0) is 19.9 Å². The summed E-state index contributed by atoms with van der Waals surface area (Å²) in [7, 11) is 1.43. The molecule has 6 heteroatoms. The predicted molar refractivity (Wildman–Crippen MR) is 52.1 cm³/mol. The van der Waals surface area contributed by atoms with Crippen molar-refractivity contribution in [2.45, 2.75) is 19.4 Å². The number of nitrogens with one attached hydrogen (secondary N) is 1. The van der Waals surface area contributed by atoms with Gasteiger partial charge in [-0.3, -0.25) is 4.79 Å². The van der Waals surface area contributed by atoms with E-state index in [0.717, 1.165) is 6.08 Å². The van der Waals surface area contributed by atoms with E-state index in [9.17, 15) is 13.2 Å². The number of rotatable bonds is 4. The van der Waals surface area contributed by atoms with Gasteiger partial charge in [0.05, 0.1) is 5.75 Å². The van der Waals surface area contributed by atoms with E-state index >= 15 is 0 Å². The Labute approximate surface area is 82.4 Å². The van der Waals surface area contributed by atoms with Gasteiger partial charge in [-0.1, -0.05) is 6.58 Å². The highest BCUT2D eigenvalue weighted by molar-refractivity contribution is 8.13. The maximum absolute atomic E-state index is 10.8. The summed E-state index contributed by atoms with van der Waals surface area (Å²) in [5.74, 6) is -0.744. The second-order valence-electron chi connectivity index (χ2n) is 3.26. The zero-order valence-corrected chi connectivity index (χ0v) is 9.07. The fraction of sp³-hybridized carbons (Fsp3) is 0.571. The largest absolute Gasteiger partial charge is 0.347 e. The van der Waals surface area contributed by atoms with Gasteiger partial charge in [0.2, 0.25) is 15.0 Å². The smallest absolute Gasteiger partial charge is 0.243 e. The van der Waals surface area contributed by atoms with Crippen molar-refractivity contribution < 1.29 is 13.2 Å². The third-order valence-electron chi connectivity index (χ3n) is 1.18. The first-order chi connectivity index (χ1) is 5.66. The molecule has 0 bridgehead atoms. The van der Waals surface area contributed by atoms with E-state index in [1.54, 1.807) is 13.8 Å². The molecule has 0 aromatic carbocycles. The number of carbonyl (C=O) groups excluding carboxylic acids is 1. The molecule has 0 radical (unpaired) electrons. The quantitative estimate of drug-likeness (QED) is 0.564. The van der Waals surface area contributed by atoms with Gasteiger partial charge in [-0.25, -0.2) is 8.42 Å². The predicted octanol–water partition coefficient (Wildman–Crippen LogP) is 0.636. The Balaban J connectivity index is 4.41. The maximum Gasteiger partial charge on any atom is 0.243 e. The van der Waals surface area contributed by atoms with Crippen LogP contribution in [0.3, 0.4) is 0 Å². The van der Waals surface area contributed by atoms with Crippen LogP contribution in [0.5, 0.6) is 0 Å². The molecule has 0 atom stereocenters. The molecular weight excluding hydrogens is 214 g/mol. The van der Waals surface area contributed by atoms with Crippen molar-refractivity contribution in [3.63, 3.8) is 0 Å². The average molecular weight is 226 g/mol. The van der Waals surface area contributed by atoms with Crippen LogP contribution in [0.2, 0.25) is 0 Å². The summed E-state index contributed by atoms with van der Waals surface area (Å²) in [6.45, 7) is 6.37. The van der Waals surface area contributed by atoms with E-state index in [1.807, 2.05) is 0 Å². The molecule has 0 saturated carbocycles. The Morgan fingerprint density at radius 3 is 2.38 bits per heavy atom. The van der Waals surface area contributed by atoms with Crippen LogP contribution in [0.4, 0.5) is 0 Å². The maximum atomic E-state index is 10.8. The molecule has 0 heterocycles. The van der Waals surface area contributed by atoms with Crippen LogP contribution < -0.4 is 5.32 Å². The van der Waals surface area contributed by atoms with Crippen LogP contribution in [-0.2, 0) is 13.8 Å².